The molecule has 25 rings (SSSR count). The van der Waals surface area contributed by atoms with Crippen molar-refractivity contribution in [1.82, 2.24) is 29.9 Å². The van der Waals surface area contributed by atoms with Gasteiger partial charge in [-0.3, -0.25) is 19.9 Å². The monoisotopic (exact) mass is 1520 g/mol. The van der Waals surface area contributed by atoms with E-state index in [9.17, 15) is 0 Å². The summed E-state index contributed by atoms with van der Waals surface area (Å²) in [5, 5.41) is 34.9. The molecule has 0 fully saturated rings. The molecule has 5 aromatic heterocycles. The molecule has 120 heavy (non-hydrogen) atoms. The van der Waals surface area contributed by atoms with Crippen molar-refractivity contribution in [1.29, 1.82) is 0 Å². The zero-order valence-corrected chi connectivity index (χ0v) is 65.1. The van der Waals surface area contributed by atoms with Crippen molar-refractivity contribution < 1.29 is 0 Å². The maximum Gasteiger partial charge on any atom is 0.161 e. The molecule has 0 radical (unpaired) electrons. The molecule has 0 atom stereocenters. The van der Waals surface area contributed by atoms with Gasteiger partial charge in [-0.2, -0.15) is 0 Å². The molecule has 0 spiro atoms. The molecule has 556 valence electrons. The molecule has 0 saturated heterocycles. The predicted octanol–water partition coefficient (Wildman–Crippen LogP) is 30.4. The van der Waals surface area contributed by atoms with Crippen molar-refractivity contribution in [3.8, 4) is 78.7 Å². The highest BCUT2D eigenvalue weighted by Gasteiger charge is 2.22. The third kappa shape index (κ3) is 12.0. The van der Waals surface area contributed by atoms with Gasteiger partial charge in [0, 0.05) is 63.4 Å². The van der Waals surface area contributed by atoms with E-state index < -0.39 is 0 Å². The Kier molecular flexibility index (Phi) is 16.8. The second-order valence-corrected chi connectivity index (χ2v) is 31.1. The van der Waals surface area contributed by atoms with E-state index in [2.05, 4.69) is 386 Å². The van der Waals surface area contributed by atoms with E-state index in [1.165, 1.54) is 135 Å². The smallest absolute Gasteiger partial charge is 0.161 e. The maximum atomic E-state index is 5.23. The summed E-state index contributed by atoms with van der Waals surface area (Å²) in [5.41, 5.74) is 15.8. The van der Waals surface area contributed by atoms with Gasteiger partial charge in [0.2, 0.25) is 0 Å². The number of hydrogen-bond donors (Lipinski definition) is 0. The molecule has 0 N–H and O–H groups in total. The third-order valence-corrected chi connectivity index (χ3v) is 24.3. The first-order valence-corrected chi connectivity index (χ1v) is 40.8. The molecular weight excluding hydrogens is 1450 g/mol. The summed E-state index contributed by atoms with van der Waals surface area (Å²) in [4.78, 5) is 29.3. The van der Waals surface area contributed by atoms with Crippen molar-refractivity contribution in [3.63, 3.8) is 0 Å². The molecule has 25 aromatic rings. The fourth-order valence-corrected chi connectivity index (χ4v) is 18.6. The largest absolute Gasteiger partial charge is 0.256 e. The maximum absolute atomic E-state index is 5.23. The van der Waals surface area contributed by atoms with Crippen molar-refractivity contribution in [2.45, 2.75) is 0 Å². The fourth-order valence-electron chi connectivity index (χ4n) is 18.6. The molecule has 20 aromatic carbocycles. The molecule has 6 nitrogen and oxygen atoms in total. The highest BCUT2D eigenvalue weighted by atomic mass is 14.9. The van der Waals surface area contributed by atoms with Crippen LogP contribution in [0.15, 0.2) is 425 Å². The number of pyridine rings is 4. The van der Waals surface area contributed by atoms with Crippen LogP contribution in [0.4, 0.5) is 0 Å². The fraction of sp³-hybridized carbons (Fsp3) is 0. The molecule has 0 aliphatic carbocycles. The van der Waals surface area contributed by atoms with Gasteiger partial charge >= 0.3 is 0 Å². The van der Waals surface area contributed by atoms with Crippen molar-refractivity contribution >= 4 is 162 Å². The quantitative estimate of drug-likeness (QED) is 0.117. The van der Waals surface area contributed by atoms with E-state index in [1.807, 2.05) is 49.1 Å². The summed E-state index contributed by atoms with van der Waals surface area (Å²) >= 11 is 0. The van der Waals surface area contributed by atoms with Crippen LogP contribution in [0.2, 0.25) is 0 Å². The highest BCUT2D eigenvalue weighted by Crippen LogP contribution is 2.48. The second-order valence-electron chi connectivity index (χ2n) is 31.1. The Morgan fingerprint density at radius 3 is 1.02 bits per heavy atom. The van der Waals surface area contributed by atoms with Crippen LogP contribution < -0.4 is 0 Å². The number of benzene rings is 20. The first kappa shape index (κ1) is 69.5. The van der Waals surface area contributed by atoms with Gasteiger partial charge in [-0.05, 0) is 247 Å². The van der Waals surface area contributed by atoms with Gasteiger partial charge in [0.1, 0.15) is 0 Å². The lowest BCUT2D eigenvalue weighted by Crippen LogP contribution is -1.97. The van der Waals surface area contributed by atoms with Crippen LogP contribution in [0.25, 0.3) is 241 Å². The summed E-state index contributed by atoms with van der Waals surface area (Å²) in [7, 11) is 0. The Morgan fingerprint density at radius 1 is 0.142 bits per heavy atom. The van der Waals surface area contributed by atoms with E-state index in [0.29, 0.717) is 0 Å². The van der Waals surface area contributed by atoms with Crippen LogP contribution in [0, 0.1) is 0 Å². The molecule has 0 aliphatic heterocycles. The summed E-state index contributed by atoms with van der Waals surface area (Å²) in [6, 6.07) is 143. The van der Waals surface area contributed by atoms with Crippen LogP contribution >= 0.6 is 0 Å². The van der Waals surface area contributed by atoms with Crippen molar-refractivity contribution in [3.05, 3.63) is 425 Å². The Hall–Kier alpha value is -16.0. The van der Waals surface area contributed by atoms with Crippen LogP contribution in [-0.4, -0.2) is 29.9 Å². The molecule has 5 heterocycles. The van der Waals surface area contributed by atoms with Gasteiger partial charge in [-0.1, -0.05) is 315 Å². The topological polar surface area (TPSA) is 77.3 Å². The Balaban J connectivity index is 0.000000106. The number of rotatable bonds is 7. The standard InChI is InChI=1S/C42H26N2.C40H24N2.C32H20N2/c1-3-14-28(15-4-1)38-26-39(29-16-5-2-6-17-29)44-42(43-38)37-25-36-31-19-9-11-21-33(31)40-30-18-8-7-13-27(30)23-24-35(40)41(36)34-22-12-10-20-32(34)37;1-2-9-27-21-36-34(20-26(27)8-1)30-11-3-4-12-31(30)37-24-35(32-13-5-6-14-33(32)40(36)37)39-23-29(17-19-42-39)28-16-15-25-10-7-18-41-38(25)22-28;1-2-8-25-21(6-1)13-14-28-26-9-3-4-10-27(26)30(20-29(25)28)32-19-24(15-17-34-32)23-12-11-22-7-5-16-33-31(22)18-23/h1-26H;1-24H;1-20H. The van der Waals surface area contributed by atoms with E-state index in [1.54, 1.807) is 0 Å². The zero-order valence-electron chi connectivity index (χ0n) is 65.1. The minimum absolute atomic E-state index is 0.728. The summed E-state index contributed by atoms with van der Waals surface area (Å²) < 4.78 is 0. The van der Waals surface area contributed by atoms with Crippen LogP contribution in [0.1, 0.15) is 0 Å². The van der Waals surface area contributed by atoms with Gasteiger partial charge in [0.05, 0.1) is 33.8 Å². The normalized spacial score (nSPS) is 11.7. The second kappa shape index (κ2) is 29.1. The summed E-state index contributed by atoms with van der Waals surface area (Å²) in [5.74, 6) is 0.728. The molecule has 0 aliphatic rings. The molecule has 0 amide bonds. The van der Waals surface area contributed by atoms with Gasteiger partial charge in [-0.15, -0.1) is 0 Å². The number of hydrogen-bond acceptors (Lipinski definition) is 6. The van der Waals surface area contributed by atoms with Crippen molar-refractivity contribution in [2.75, 3.05) is 0 Å². The van der Waals surface area contributed by atoms with Gasteiger partial charge in [0.25, 0.3) is 0 Å². The average molecular weight is 1520 g/mol. The first-order valence-electron chi connectivity index (χ1n) is 40.8. The molecule has 6 heteroatoms. The van der Waals surface area contributed by atoms with Crippen LogP contribution in [0.5, 0.6) is 0 Å². The minimum atomic E-state index is 0.728. The van der Waals surface area contributed by atoms with E-state index in [4.69, 9.17) is 19.9 Å². The minimum Gasteiger partial charge on any atom is -0.256 e. The lowest BCUT2D eigenvalue weighted by Gasteiger charge is -2.17. The van der Waals surface area contributed by atoms with Crippen LogP contribution in [-0.2, 0) is 0 Å². The van der Waals surface area contributed by atoms with Crippen molar-refractivity contribution in [2.24, 2.45) is 0 Å². The lowest BCUT2D eigenvalue weighted by atomic mass is 9.87. The Bertz CT molecular complexity index is 8440. The van der Waals surface area contributed by atoms with Gasteiger partial charge in [-0.25, -0.2) is 9.97 Å². The Morgan fingerprint density at radius 2 is 0.475 bits per heavy atom. The third-order valence-electron chi connectivity index (χ3n) is 24.3. The lowest BCUT2D eigenvalue weighted by molar-refractivity contribution is 1.19. The number of nitrogens with zero attached hydrogens (tertiary/aromatic N) is 6. The van der Waals surface area contributed by atoms with E-state index >= 15 is 0 Å². The van der Waals surface area contributed by atoms with Crippen LogP contribution in [0.3, 0.4) is 0 Å². The van der Waals surface area contributed by atoms with Gasteiger partial charge in [0.15, 0.2) is 5.82 Å². The Labute approximate surface area is 690 Å². The molecule has 0 bridgehead atoms. The zero-order chi connectivity index (χ0) is 79.1. The van der Waals surface area contributed by atoms with E-state index in [-0.39, 0.29) is 0 Å². The summed E-state index contributed by atoms with van der Waals surface area (Å²) in [6.07, 6.45) is 7.53. The number of aromatic nitrogens is 6. The highest BCUT2D eigenvalue weighted by molar-refractivity contribution is 6.38. The molecule has 0 unspecified atom stereocenters. The predicted molar refractivity (Wildman–Crippen MR) is 507 cm³/mol. The van der Waals surface area contributed by atoms with E-state index in [0.717, 1.165) is 106 Å². The summed E-state index contributed by atoms with van der Waals surface area (Å²) in [6.45, 7) is 0. The molecule has 0 saturated carbocycles. The SMILES string of the molecule is c1ccc(-c2cc(-c3ccccc3)nc(-c3cc4c5ccccc5c5c6ccccc6ccc5c4c4ccccc34)n2)cc1.c1ccc2cc3c(cc2c1)c1ccccc1c1cc(-c2cc(-c4ccc5cccnc5c4)ccn2)c2ccccc2c13.c1cnc2cc(-c3ccnc(-c4cc5c6ccccc6ccc5c5ccccc45)c3)ccc2c1. The average Bonchev–Trinajstić information content (AvgIpc) is 0.715. The first-order chi connectivity index (χ1) is 59.5. The molecular formula is C114H70N6. The van der Waals surface area contributed by atoms with Gasteiger partial charge < -0.3 is 0 Å². The number of fused-ring (bicyclic) bond motifs is 26.